The highest BCUT2D eigenvalue weighted by Crippen LogP contribution is 2.12. The van der Waals surface area contributed by atoms with E-state index < -0.39 is 11.7 Å². The largest absolute Gasteiger partial charge is 0.494 e. The lowest BCUT2D eigenvalue weighted by Crippen LogP contribution is -2.30. The minimum atomic E-state index is -0.567. The van der Waals surface area contributed by atoms with Gasteiger partial charge in [0, 0.05) is 0 Å². The first-order chi connectivity index (χ1) is 9.31. The number of hydrogen-bond donors (Lipinski definition) is 1. The third-order valence-corrected chi connectivity index (χ3v) is 2.30. The number of rotatable bonds is 4. The topological polar surface area (TPSA) is 59.9 Å². The van der Waals surface area contributed by atoms with E-state index >= 15 is 0 Å². The summed E-state index contributed by atoms with van der Waals surface area (Å²) in [5.74, 6) is 0.809. The minimum Gasteiger partial charge on any atom is -0.494 e. The number of amides is 1. The van der Waals surface area contributed by atoms with Crippen LogP contribution in [0.2, 0.25) is 0 Å². The number of ether oxygens (including phenoxy) is 2. The molecule has 20 heavy (non-hydrogen) atoms. The Balaban J connectivity index is 2.62. The highest BCUT2D eigenvalue weighted by atomic mass is 16.6. The second-order valence-corrected chi connectivity index (χ2v) is 5.27. The van der Waals surface area contributed by atoms with Crippen LogP contribution in [0.4, 0.5) is 4.79 Å². The molecule has 0 atom stereocenters. The standard InChI is InChI=1S/C15H22N2O3/c1-6-19-13-9-7-12(8-10-13)11(2)16-17-14(18)20-15(3,4)5/h7-10H,6H2,1-5H3,(H,17,18)/b16-11-. The molecular formula is C15H22N2O3. The summed E-state index contributed by atoms with van der Waals surface area (Å²) in [4.78, 5) is 11.5. The van der Waals surface area contributed by atoms with Crippen LogP contribution in [0.15, 0.2) is 29.4 Å². The maximum absolute atomic E-state index is 11.5. The van der Waals surface area contributed by atoms with Crippen molar-refractivity contribution in [2.45, 2.75) is 40.2 Å². The Hall–Kier alpha value is -2.04. The molecule has 0 aliphatic rings. The highest BCUT2D eigenvalue weighted by molar-refractivity contribution is 5.99. The Bertz CT molecular complexity index is 473. The van der Waals surface area contributed by atoms with Crippen LogP contribution >= 0.6 is 0 Å². The first kappa shape index (κ1) is 16.0. The molecule has 0 saturated carbocycles. The van der Waals surface area contributed by atoms with Crippen molar-refractivity contribution < 1.29 is 14.3 Å². The summed E-state index contributed by atoms with van der Waals surface area (Å²) in [6, 6.07) is 7.51. The fourth-order valence-corrected chi connectivity index (χ4v) is 1.45. The molecule has 1 aromatic carbocycles. The lowest BCUT2D eigenvalue weighted by Gasteiger charge is -2.18. The molecule has 0 spiro atoms. The average Bonchev–Trinajstić information content (AvgIpc) is 2.35. The van der Waals surface area contributed by atoms with E-state index in [1.807, 2.05) is 38.1 Å². The van der Waals surface area contributed by atoms with Crippen molar-refractivity contribution in [1.29, 1.82) is 0 Å². The molecular weight excluding hydrogens is 256 g/mol. The number of carbonyl (C=O) groups is 1. The number of benzene rings is 1. The molecule has 0 aromatic heterocycles. The van der Waals surface area contributed by atoms with Gasteiger partial charge in [-0.15, -0.1) is 0 Å². The number of hydrogen-bond acceptors (Lipinski definition) is 4. The van der Waals surface area contributed by atoms with Gasteiger partial charge >= 0.3 is 6.09 Å². The number of nitrogens with one attached hydrogen (secondary N) is 1. The van der Waals surface area contributed by atoms with Gasteiger partial charge in [-0.1, -0.05) is 0 Å². The minimum absolute atomic E-state index is 0.535. The van der Waals surface area contributed by atoms with Crippen LogP contribution in [-0.2, 0) is 4.74 Å². The predicted molar refractivity (Wildman–Crippen MR) is 79.2 cm³/mol. The molecule has 0 saturated heterocycles. The molecule has 0 radical (unpaired) electrons. The third-order valence-electron chi connectivity index (χ3n) is 2.30. The summed E-state index contributed by atoms with van der Waals surface area (Å²) >= 11 is 0. The molecule has 0 bridgehead atoms. The molecule has 1 N–H and O–H groups in total. The monoisotopic (exact) mass is 278 g/mol. The average molecular weight is 278 g/mol. The summed E-state index contributed by atoms with van der Waals surface area (Å²) in [5, 5.41) is 4.01. The SMILES string of the molecule is CCOc1ccc(/C(C)=N\NC(=O)OC(C)(C)C)cc1. The summed E-state index contributed by atoms with van der Waals surface area (Å²) in [6.45, 7) is 9.78. The number of hydrazone groups is 1. The first-order valence-electron chi connectivity index (χ1n) is 6.58. The van der Waals surface area contributed by atoms with Gasteiger partial charge in [-0.25, -0.2) is 10.2 Å². The van der Waals surface area contributed by atoms with E-state index in [-0.39, 0.29) is 0 Å². The molecule has 0 aliphatic heterocycles. The molecule has 1 amide bonds. The van der Waals surface area contributed by atoms with Gasteiger partial charge in [-0.3, -0.25) is 0 Å². The van der Waals surface area contributed by atoms with Crippen LogP contribution in [-0.4, -0.2) is 24.0 Å². The molecule has 0 aliphatic carbocycles. The van der Waals surface area contributed by atoms with Crippen molar-refractivity contribution in [2.75, 3.05) is 6.61 Å². The zero-order valence-electron chi connectivity index (χ0n) is 12.7. The van der Waals surface area contributed by atoms with Crippen LogP contribution in [0, 0.1) is 0 Å². The van der Waals surface area contributed by atoms with E-state index in [2.05, 4.69) is 10.5 Å². The predicted octanol–water partition coefficient (Wildman–Crippen LogP) is 3.33. The van der Waals surface area contributed by atoms with E-state index in [0.29, 0.717) is 12.3 Å². The van der Waals surface area contributed by atoms with Crippen LogP contribution < -0.4 is 10.2 Å². The zero-order valence-corrected chi connectivity index (χ0v) is 12.7. The molecule has 110 valence electrons. The van der Waals surface area contributed by atoms with Gasteiger partial charge in [0.1, 0.15) is 11.4 Å². The lowest BCUT2D eigenvalue weighted by molar-refractivity contribution is 0.0529. The highest BCUT2D eigenvalue weighted by Gasteiger charge is 2.15. The second-order valence-electron chi connectivity index (χ2n) is 5.27. The van der Waals surface area contributed by atoms with Gasteiger partial charge in [0.05, 0.1) is 12.3 Å². The van der Waals surface area contributed by atoms with Crippen molar-refractivity contribution in [2.24, 2.45) is 5.10 Å². The van der Waals surface area contributed by atoms with Gasteiger partial charge in [0.2, 0.25) is 0 Å². The fourth-order valence-electron chi connectivity index (χ4n) is 1.45. The summed E-state index contributed by atoms with van der Waals surface area (Å²) < 4.78 is 10.5. The zero-order chi connectivity index (χ0) is 15.2. The molecule has 5 nitrogen and oxygen atoms in total. The molecule has 0 unspecified atom stereocenters. The first-order valence-corrected chi connectivity index (χ1v) is 6.58. The van der Waals surface area contributed by atoms with E-state index in [1.54, 1.807) is 20.8 Å². The Morgan fingerprint density at radius 2 is 1.85 bits per heavy atom. The molecule has 0 heterocycles. The van der Waals surface area contributed by atoms with E-state index in [9.17, 15) is 4.79 Å². The maximum atomic E-state index is 11.5. The van der Waals surface area contributed by atoms with Crippen molar-refractivity contribution >= 4 is 11.8 Å². The van der Waals surface area contributed by atoms with E-state index in [0.717, 1.165) is 11.3 Å². The third kappa shape index (κ3) is 5.73. The Labute approximate surface area is 120 Å². The van der Waals surface area contributed by atoms with Crippen LogP contribution in [0.25, 0.3) is 0 Å². The second kappa shape index (κ2) is 6.93. The molecule has 1 rings (SSSR count). The Kier molecular flexibility index (Phi) is 5.55. The van der Waals surface area contributed by atoms with Crippen LogP contribution in [0.1, 0.15) is 40.2 Å². The van der Waals surface area contributed by atoms with Crippen molar-refractivity contribution in [3.63, 3.8) is 0 Å². The van der Waals surface area contributed by atoms with E-state index in [1.165, 1.54) is 0 Å². The van der Waals surface area contributed by atoms with Gasteiger partial charge in [0.15, 0.2) is 0 Å². The number of nitrogens with zero attached hydrogens (tertiary/aromatic N) is 1. The van der Waals surface area contributed by atoms with Crippen LogP contribution in [0.5, 0.6) is 5.75 Å². The number of carbonyl (C=O) groups excluding carboxylic acids is 1. The van der Waals surface area contributed by atoms with Crippen LogP contribution in [0.3, 0.4) is 0 Å². The Morgan fingerprint density at radius 1 is 1.25 bits per heavy atom. The normalized spacial score (nSPS) is 11.9. The summed E-state index contributed by atoms with van der Waals surface area (Å²) in [7, 11) is 0. The van der Waals surface area contributed by atoms with Gasteiger partial charge in [0.25, 0.3) is 0 Å². The molecule has 5 heteroatoms. The fraction of sp³-hybridized carbons (Fsp3) is 0.467. The van der Waals surface area contributed by atoms with Crippen molar-refractivity contribution in [1.82, 2.24) is 5.43 Å². The summed E-state index contributed by atoms with van der Waals surface area (Å²) in [5.41, 5.74) is 3.44. The van der Waals surface area contributed by atoms with Crippen molar-refractivity contribution in [3.05, 3.63) is 29.8 Å². The lowest BCUT2D eigenvalue weighted by atomic mass is 10.1. The van der Waals surface area contributed by atoms with Crippen molar-refractivity contribution in [3.8, 4) is 5.75 Å². The van der Waals surface area contributed by atoms with Gasteiger partial charge in [-0.05, 0) is 64.4 Å². The maximum Gasteiger partial charge on any atom is 0.428 e. The van der Waals surface area contributed by atoms with E-state index in [4.69, 9.17) is 9.47 Å². The molecule has 0 fully saturated rings. The smallest absolute Gasteiger partial charge is 0.428 e. The summed E-state index contributed by atoms with van der Waals surface area (Å²) in [6.07, 6.45) is -0.567. The van der Waals surface area contributed by atoms with Gasteiger partial charge < -0.3 is 9.47 Å². The molecule has 1 aromatic rings. The quantitative estimate of drug-likeness (QED) is 0.678. The Morgan fingerprint density at radius 3 is 2.35 bits per heavy atom. The van der Waals surface area contributed by atoms with Gasteiger partial charge in [-0.2, -0.15) is 5.10 Å².